The average molecular weight is 346 g/mol. The Bertz CT molecular complexity index is 1110. The molecule has 0 bridgehead atoms. The highest BCUT2D eigenvalue weighted by Crippen LogP contribution is 2.29. The Morgan fingerprint density at radius 3 is 2.88 bits per heavy atom. The van der Waals surface area contributed by atoms with Crippen LogP contribution in [0.1, 0.15) is 10.5 Å². The van der Waals surface area contributed by atoms with Crippen molar-refractivity contribution in [2.75, 3.05) is 6.54 Å². The lowest BCUT2D eigenvalue weighted by atomic mass is 10.1. The van der Waals surface area contributed by atoms with Gasteiger partial charge in [-0.05, 0) is 47.2 Å². The molecule has 0 radical (unpaired) electrons. The third kappa shape index (κ3) is 2.42. The quantitative estimate of drug-likeness (QED) is 0.604. The zero-order chi connectivity index (χ0) is 16.8. The highest BCUT2D eigenvalue weighted by molar-refractivity contribution is 7.17. The second kappa shape index (κ2) is 5.53. The summed E-state index contributed by atoms with van der Waals surface area (Å²) in [5, 5.41) is 10.7. The Morgan fingerprint density at radius 2 is 1.96 bits per heavy atom. The molecule has 0 saturated heterocycles. The molecule has 4 aromatic rings. The molecule has 0 unspecified atom stereocenters. The van der Waals surface area contributed by atoms with Crippen LogP contribution in [0.5, 0.6) is 0 Å². The molecule has 1 amide bonds. The summed E-state index contributed by atoms with van der Waals surface area (Å²) in [6.45, 7) is 1.32. The minimum atomic E-state index is -0.0674. The minimum absolute atomic E-state index is 0.0674. The molecule has 1 aromatic carbocycles. The van der Waals surface area contributed by atoms with Crippen LogP contribution >= 0.6 is 11.3 Å². The van der Waals surface area contributed by atoms with Gasteiger partial charge in [0.05, 0.1) is 17.9 Å². The molecule has 0 aliphatic carbocycles. The lowest BCUT2D eigenvalue weighted by Gasteiger charge is -2.13. The van der Waals surface area contributed by atoms with Crippen LogP contribution in [0.4, 0.5) is 0 Å². The maximum atomic E-state index is 11.9. The number of nitrogens with one attached hydrogen (secondary N) is 1. The number of nitrogens with zero attached hydrogens (tertiary/aromatic N) is 3. The van der Waals surface area contributed by atoms with Gasteiger partial charge in [-0.25, -0.2) is 0 Å². The molecule has 0 saturated carbocycles. The molecule has 122 valence electrons. The van der Waals surface area contributed by atoms with Crippen molar-refractivity contribution < 1.29 is 4.79 Å². The number of amides is 1. The largest absolute Gasteiger partial charge is 0.349 e. The van der Waals surface area contributed by atoms with Crippen molar-refractivity contribution in [1.82, 2.24) is 20.1 Å². The van der Waals surface area contributed by atoms with E-state index in [1.807, 2.05) is 18.2 Å². The first-order chi connectivity index (χ1) is 12.3. The first kappa shape index (κ1) is 14.4. The third-order valence-corrected chi connectivity index (χ3v) is 5.32. The number of hydrogen-bond donors (Lipinski definition) is 1. The zero-order valence-electron chi connectivity index (χ0n) is 13.3. The van der Waals surface area contributed by atoms with Crippen molar-refractivity contribution in [1.29, 1.82) is 0 Å². The van der Waals surface area contributed by atoms with Crippen LogP contribution < -0.4 is 5.32 Å². The number of fused-ring (bicyclic) bond motifs is 2. The van der Waals surface area contributed by atoms with Gasteiger partial charge in [0.2, 0.25) is 0 Å². The molecule has 6 heteroatoms. The van der Waals surface area contributed by atoms with E-state index in [-0.39, 0.29) is 5.91 Å². The van der Waals surface area contributed by atoms with Crippen LogP contribution in [-0.4, -0.2) is 27.2 Å². The van der Waals surface area contributed by atoms with E-state index in [4.69, 9.17) is 0 Å². The molecule has 5 nitrogen and oxygen atoms in total. The summed E-state index contributed by atoms with van der Waals surface area (Å²) in [6.07, 6.45) is 1.79. The molecule has 1 aliphatic rings. The first-order valence-electron chi connectivity index (χ1n) is 8.08. The summed E-state index contributed by atoms with van der Waals surface area (Å²) in [5.41, 5.74) is 4.35. The molecule has 0 spiro atoms. The first-order valence-corrected chi connectivity index (χ1v) is 8.96. The summed E-state index contributed by atoms with van der Waals surface area (Å²) in [5.74, 6) is -0.0674. The van der Waals surface area contributed by atoms with E-state index in [1.54, 1.807) is 22.2 Å². The summed E-state index contributed by atoms with van der Waals surface area (Å²) in [4.78, 5) is 16.4. The number of thiophene rings is 1. The number of pyridine rings is 1. The van der Waals surface area contributed by atoms with Gasteiger partial charge in [0.1, 0.15) is 5.69 Å². The summed E-state index contributed by atoms with van der Waals surface area (Å²) < 4.78 is 3.04. The number of hydrogen-bond acceptors (Lipinski definition) is 4. The molecule has 3 aromatic heterocycles. The molecule has 1 aliphatic heterocycles. The van der Waals surface area contributed by atoms with Gasteiger partial charge >= 0.3 is 0 Å². The Kier molecular flexibility index (Phi) is 3.18. The third-order valence-electron chi connectivity index (χ3n) is 4.43. The number of benzene rings is 1. The van der Waals surface area contributed by atoms with E-state index in [0.29, 0.717) is 18.8 Å². The van der Waals surface area contributed by atoms with E-state index in [2.05, 4.69) is 45.0 Å². The van der Waals surface area contributed by atoms with Gasteiger partial charge < -0.3 is 5.32 Å². The summed E-state index contributed by atoms with van der Waals surface area (Å²) in [7, 11) is 0. The van der Waals surface area contributed by atoms with Crippen LogP contribution in [0.2, 0.25) is 0 Å². The maximum absolute atomic E-state index is 11.9. The van der Waals surface area contributed by atoms with Crippen LogP contribution in [0.25, 0.3) is 32.6 Å². The van der Waals surface area contributed by atoms with Gasteiger partial charge in [-0.15, -0.1) is 11.3 Å². The summed E-state index contributed by atoms with van der Waals surface area (Å²) >= 11 is 1.74. The number of carbonyl (C=O) groups excluding carboxylic acids is 1. The Labute approximate surface area is 147 Å². The van der Waals surface area contributed by atoms with Crippen LogP contribution in [0.3, 0.4) is 0 Å². The predicted molar refractivity (Wildman–Crippen MR) is 98.6 cm³/mol. The Balaban J connectivity index is 1.58. The van der Waals surface area contributed by atoms with Crippen molar-refractivity contribution in [2.24, 2.45) is 0 Å². The van der Waals surface area contributed by atoms with Gasteiger partial charge in [0.25, 0.3) is 5.91 Å². The van der Waals surface area contributed by atoms with Crippen LogP contribution in [0, 0.1) is 0 Å². The summed E-state index contributed by atoms with van der Waals surface area (Å²) in [6, 6.07) is 14.3. The monoisotopic (exact) mass is 346 g/mol. The van der Waals surface area contributed by atoms with Crippen molar-refractivity contribution in [2.45, 2.75) is 6.54 Å². The topological polar surface area (TPSA) is 59.8 Å². The normalized spacial score (nSPS) is 13.7. The molecule has 4 heterocycles. The lowest BCUT2D eigenvalue weighted by molar-refractivity contribution is 0.0924. The van der Waals surface area contributed by atoms with E-state index in [0.717, 1.165) is 22.5 Å². The molecule has 5 rings (SSSR count). The van der Waals surface area contributed by atoms with Crippen molar-refractivity contribution in [3.63, 3.8) is 0 Å². The number of aromatic nitrogens is 3. The average Bonchev–Trinajstić information content (AvgIpc) is 3.28. The maximum Gasteiger partial charge on any atom is 0.269 e. The fraction of sp³-hybridized carbons (Fsp3) is 0.105. The molecule has 0 atom stereocenters. The fourth-order valence-corrected chi connectivity index (χ4v) is 3.92. The second-order valence-corrected chi connectivity index (χ2v) is 6.94. The van der Waals surface area contributed by atoms with Crippen molar-refractivity contribution in [3.8, 4) is 22.5 Å². The SMILES string of the molecule is O=C1NCCn2nc(-c3ccnc(-c4ccc5sccc5c4)c3)cc21. The van der Waals surface area contributed by atoms with Crippen molar-refractivity contribution >= 4 is 27.3 Å². The lowest BCUT2D eigenvalue weighted by Crippen LogP contribution is -2.35. The van der Waals surface area contributed by atoms with Crippen LogP contribution in [0.15, 0.2) is 54.0 Å². The van der Waals surface area contributed by atoms with E-state index in [1.165, 1.54) is 10.1 Å². The molecular weight excluding hydrogens is 332 g/mol. The van der Waals surface area contributed by atoms with E-state index >= 15 is 0 Å². The Hall–Kier alpha value is -2.99. The van der Waals surface area contributed by atoms with Crippen LogP contribution in [-0.2, 0) is 6.54 Å². The van der Waals surface area contributed by atoms with Gasteiger partial charge in [-0.3, -0.25) is 14.5 Å². The molecule has 0 fully saturated rings. The fourth-order valence-electron chi connectivity index (χ4n) is 3.15. The Morgan fingerprint density at radius 1 is 1.04 bits per heavy atom. The standard InChI is InChI=1S/C19H14N4OS/c24-19-17-11-16(22-23(17)7-6-21-19)13-3-5-20-15(10-13)12-1-2-18-14(9-12)4-8-25-18/h1-5,8-11H,6-7H2,(H,21,24). The van der Waals surface area contributed by atoms with E-state index in [9.17, 15) is 4.79 Å². The molecular formula is C19H14N4OS. The zero-order valence-corrected chi connectivity index (χ0v) is 14.1. The van der Waals surface area contributed by atoms with Gasteiger partial charge in [0.15, 0.2) is 0 Å². The van der Waals surface area contributed by atoms with Gasteiger partial charge in [-0.1, -0.05) is 6.07 Å². The minimum Gasteiger partial charge on any atom is -0.349 e. The van der Waals surface area contributed by atoms with Crippen molar-refractivity contribution in [3.05, 3.63) is 59.7 Å². The second-order valence-electron chi connectivity index (χ2n) is 6.00. The van der Waals surface area contributed by atoms with Gasteiger partial charge in [-0.2, -0.15) is 5.10 Å². The molecule has 1 N–H and O–H groups in total. The predicted octanol–water partition coefficient (Wildman–Crippen LogP) is 3.57. The van der Waals surface area contributed by atoms with E-state index < -0.39 is 0 Å². The molecule has 25 heavy (non-hydrogen) atoms. The van der Waals surface area contributed by atoms with Gasteiger partial charge in [0, 0.05) is 28.6 Å². The number of rotatable bonds is 2. The smallest absolute Gasteiger partial charge is 0.269 e. The number of carbonyl (C=O) groups is 1. The highest BCUT2D eigenvalue weighted by atomic mass is 32.1. The highest BCUT2D eigenvalue weighted by Gasteiger charge is 2.20.